The van der Waals surface area contributed by atoms with Crippen LogP contribution >= 0.6 is 0 Å². The van der Waals surface area contributed by atoms with E-state index in [9.17, 15) is 4.79 Å². The van der Waals surface area contributed by atoms with E-state index >= 15 is 0 Å². The number of carbonyl (C=O) groups excluding carboxylic acids is 1. The average molecular weight is 370 g/mol. The molecule has 2 aromatic rings. The quantitative estimate of drug-likeness (QED) is 0.709. The normalized spacial score (nSPS) is 13.0. The van der Waals surface area contributed by atoms with Crippen LogP contribution in [0, 0.1) is 20.8 Å². The standard InChI is InChI=1S/C23H31NO3/c1-7-20(18-10-12-22(26-6)17(5)13-18)24-23(25)21(8-2)27-19-11-9-15(3)16(4)14-19/h9-14,20-21H,7-8H2,1-6H3,(H,24,25)/t20-,21-/m1/s1. The third-order valence-electron chi connectivity index (χ3n) is 4.97. The summed E-state index contributed by atoms with van der Waals surface area (Å²) in [6.07, 6.45) is 0.898. The topological polar surface area (TPSA) is 47.6 Å². The average Bonchev–Trinajstić information content (AvgIpc) is 2.66. The van der Waals surface area contributed by atoms with Crippen molar-refractivity contribution in [3.8, 4) is 11.5 Å². The highest BCUT2D eigenvalue weighted by Crippen LogP contribution is 2.25. The molecule has 0 bridgehead atoms. The minimum absolute atomic E-state index is 0.0560. The Morgan fingerprint density at radius 3 is 2.26 bits per heavy atom. The zero-order valence-electron chi connectivity index (χ0n) is 17.3. The fraction of sp³-hybridized carbons (Fsp3) is 0.435. The maximum absolute atomic E-state index is 12.8. The van der Waals surface area contributed by atoms with E-state index in [1.165, 1.54) is 5.56 Å². The molecule has 0 aliphatic rings. The lowest BCUT2D eigenvalue weighted by Crippen LogP contribution is -2.40. The van der Waals surface area contributed by atoms with E-state index in [1.54, 1.807) is 7.11 Å². The molecular formula is C23H31NO3. The van der Waals surface area contributed by atoms with Gasteiger partial charge in [-0.05, 0) is 74.1 Å². The van der Waals surface area contributed by atoms with Gasteiger partial charge in [0.15, 0.2) is 6.10 Å². The smallest absolute Gasteiger partial charge is 0.261 e. The van der Waals surface area contributed by atoms with Crippen molar-refractivity contribution in [3.63, 3.8) is 0 Å². The first kappa shape index (κ1) is 20.8. The summed E-state index contributed by atoms with van der Waals surface area (Å²) in [5.74, 6) is 1.49. The molecule has 1 amide bonds. The monoisotopic (exact) mass is 369 g/mol. The van der Waals surface area contributed by atoms with Gasteiger partial charge < -0.3 is 14.8 Å². The first-order chi connectivity index (χ1) is 12.9. The number of benzene rings is 2. The lowest BCUT2D eigenvalue weighted by molar-refractivity contribution is -0.128. The van der Waals surface area contributed by atoms with E-state index in [2.05, 4.69) is 25.2 Å². The molecule has 0 radical (unpaired) electrons. The van der Waals surface area contributed by atoms with Crippen molar-refractivity contribution < 1.29 is 14.3 Å². The summed E-state index contributed by atoms with van der Waals surface area (Å²) in [4.78, 5) is 12.8. The number of nitrogens with one attached hydrogen (secondary N) is 1. The number of carbonyl (C=O) groups is 1. The molecule has 0 spiro atoms. The summed E-state index contributed by atoms with van der Waals surface area (Å²) in [7, 11) is 1.66. The number of hydrogen-bond acceptors (Lipinski definition) is 3. The Morgan fingerprint density at radius 2 is 1.70 bits per heavy atom. The Labute approximate surface area is 162 Å². The molecule has 0 saturated heterocycles. The van der Waals surface area contributed by atoms with Crippen LogP contribution in [0.2, 0.25) is 0 Å². The summed E-state index contributed by atoms with van der Waals surface area (Å²) in [6.45, 7) is 10.1. The minimum Gasteiger partial charge on any atom is -0.496 e. The van der Waals surface area contributed by atoms with Crippen LogP contribution in [0.3, 0.4) is 0 Å². The van der Waals surface area contributed by atoms with Crippen LogP contribution in [0.15, 0.2) is 36.4 Å². The molecule has 4 nitrogen and oxygen atoms in total. The van der Waals surface area contributed by atoms with E-state index in [0.717, 1.165) is 34.6 Å². The SMILES string of the molecule is CC[C@@H](Oc1ccc(C)c(C)c1)C(=O)N[C@H](CC)c1ccc(OC)c(C)c1. The molecule has 2 rings (SSSR count). The van der Waals surface area contributed by atoms with Crippen LogP contribution in [0.5, 0.6) is 11.5 Å². The molecule has 0 aliphatic heterocycles. The highest BCUT2D eigenvalue weighted by atomic mass is 16.5. The highest BCUT2D eigenvalue weighted by molar-refractivity contribution is 5.81. The number of aryl methyl sites for hydroxylation is 3. The van der Waals surface area contributed by atoms with Crippen LogP contribution in [0.1, 0.15) is 55.0 Å². The number of hydrogen-bond donors (Lipinski definition) is 1. The van der Waals surface area contributed by atoms with Crippen LogP contribution in [-0.2, 0) is 4.79 Å². The van der Waals surface area contributed by atoms with Crippen molar-refractivity contribution in [1.29, 1.82) is 0 Å². The molecule has 2 atom stereocenters. The summed E-state index contributed by atoms with van der Waals surface area (Å²) in [6, 6.07) is 11.9. The predicted molar refractivity (Wildman–Crippen MR) is 110 cm³/mol. The molecule has 0 unspecified atom stereocenters. The van der Waals surface area contributed by atoms with Crippen LogP contribution in [0.25, 0.3) is 0 Å². The van der Waals surface area contributed by atoms with Crippen molar-refractivity contribution in [3.05, 3.63) is 58.7 Å². The lowest BCUT2D eigenvalue weighted by atomic mass is 10.0. The maximum Gasteiger partial charge on any atom is 0.261 e. The molecular weight excluding hydrogens is 338 g/mol. The second kappa shape index (κ2) is 9.45. The zero-order valence-corrected chi connectivity index (χ0v) is 17.3. The zero-order chi connectivity index (χ0) is 20.0. The van der Waals surface area contributed by atoms with Crippen molar-refractivity contribution in [1.82, 2.24) is 5.32 Å². The van der Waals surface area contributed by atoms with Crippen molar-refractivity contribution in [2.45, 2.75) is 59.6 Å². The molecule has 146 valence electrons. The summed E-state index contributed by atoms with van der Waals surface area (Å²) < 4.78 is 11.3. The van der Waals surface area contributed by atoms with E-state index in [-0.39, 0.29) is 11.9 Å². The van der Waals surface area contributed by atoms with E-state index < -0.39 is 6.10 Å². The molecule has 4 heteroatoms. The molecule has 0 heterocycles. The largest absolute Gasteiger partial charge is 0.496 e. The van der Waals surface area contributed by atoms with Gasteiger partial charge in [0, 0.05) is 0 Å². The van der Waals surface area contributed by atoms with Gasteiger partial charge in [0.05, 0.1) is 13.2 Å². The van der Waals surface area contributed by atoms with Gasteiger partial charge in [0.25, 0.3) is 5.91 Å². The summed E-state index contributed by atoms with van der Waals surface area (Å²) in [5, 5.41) is 3.14. The van der Waals surface area contributed by atoms with Crippen molar-refractivity contribution in [2.24, 2.45) is 0 Å². The molecule has 27 heavy (non-hydrogen) atoms. The number of rotatable bonds is 8. The van der Waals surface area contributed by atoms with Gasteiger partial charge in [-0.15, -0.1) is 0 Å². The molecule has 0 aromatic heterocycles. The number of methoxy groups -OCH3 is 1. The van der Waals surface area contributed by atoms with Crippen LogP contribution in [-0.4, -0.2) is 19.1 Å². The number of amides is 1. The van der Waals surface area contributed by atoms with Gasteiger partial charge in [-0.3, -0.25) is 4.79 Å². The van der Waals surface area contributed by atoms with Gasteiger partial charge in [-0.1, -0.05) is 32.0 Å². The Kier molecular flexibility index (Phi) is 7.28. The Balaban J connectivity index is 2.11. The number of ether oxygens (including phenoxy) is 2. The van der Waals surface area contributed by atoms with Gasteiger partial charge in [-0.2, -0.15) is 0 Å². The van der Waals surface area contributed by atoms with Gasteiger partial charge in [0.2, 0.25) is 0 Å². The lowest BCUT2D eigenvalue weighted by Gasteiger charge is -2.23. The molecule has 0 fully saturated rings. The Hall–Kier alpha value is -2.49. The summed E-state index contributed by atoms with van der Waals surface area (Å²) >= 11 is 0. The molecule has 0 aliphatic carbocycles. The summed E-state index contributed by atoms with van der Waals surface area (Å²) in [5.41, 5.74) is 4.50. The fourth-order valence-electron chi connectivity index (χ4n) is 3.08. The van der Waals surface area contributed by atoms with E-state index in [0.29, 0.717) is 6.42 Å². The molecule has 2 aromatic carbocycles. The predicted octanol–water partition coefficient (Wildman–Crippen LogP) is 5.05. The first-order valence-corrected chi connectivity index (χ1v) is 9.58. The van der Waals surface area contributed by atoms with Gasteiger partial charge >= 0.3 is 0 Å². The van der Waals surface area contributed by atoms with E-state index in [4.69, 9.17) is 9.47 Å². The minimum atomic E-state index is -0.513. The highest BCUT2D eigenvalue weighted by Gasteiger charge is 2.22. The van der Waals surface area contributed by atoms with E-state index in [1.807, 2.05) is 51.1 Å². The molecule has 1 N–H and O–H groups in total. The Morgan fingerprint density at radius 1 is 0.963 bits per heavy atom. The van der Waals surface area contributed by atoms with Crippen molar-refractivity contribution >= 4 is 5.91 Å². The van der Waals surface area contributed by atoms with Gasteiger partial charge in [-0.25, -0.2) is 0 Å². The van der Waals surface area contributed by atoms with Crippen LogP contribution < -0.4 is 14.8 Å². The van der Waals surface area contributed by atoms with Crippen LogP contribution in [0.4, 0.5) is 0 Å². The second-order valence-corrected chi connectivity index (χ2v) is 6.96. The van der Waals surface area contributed by atoms with Gasteiger partial charge in [0.1, 0.15) is 11.5 Å². The Bertz CT molecular complexity index is 785. The first-order valence-electron chi connectivity index (χ1n) is 9.58. The second-order valence-electron chi connectivity index (χ2n) is 6.96. The molecule has 0 saturated carbocycles. The van der Waals surface area contributed by atoms with Crippen molar-refractivity contribution in [2.75, 3.05) is 7.11 Å². The third-order valence-corrected chi connectivity index (χ3v) is 4.97. The third kappa shape index (κ3) is 5.25. The maximum atomic E-state index is 12.8. The fourth-order valence-corrected chi connectivity index (χ4v) is 3.08.